The molecule has 0 aromatic carbocycles. The number of carbonyl (C=O) groups is 1. The zero-order valence-electron chi connectivity index (χ0n) is 10.6. The van der Waals surface area contributed by atoms with E-state index < -0.39 is 0 Å². The quantitative estimate of drug-likeness (QED) is 0.723. The smallest absolute Gasteiger partial charge is 0.226 e. The van der Waals surface area contributed by atoms with Crippen LogP contribution in [0.4, 0.5) is 5.69 Å². The highest BCUT2D eigenvalue weighted by Gasteiger charge is 2.20. The number of aromatic amines is 1. The summed E-state index contributed by atoms with van der Waals surface area (Å²) in [5.74, 6) is -0.00745. The zero-order chi connectivity index (χ0) is 12.3. The number of rotatable bonds is 4. The Morgan fingerprint density at radius 1 is 1.44 bits per heavy atom. The molecule has 1 amide bonds. The normalized spacial score (nSPS) is 11.6. The van der Waals surface area contributed by atoms with Gasteiger partial charge in [-0.05, 0) is 34.7 Å². The van der Waals surface area contributed by atoms with Crippen molar-refractivity contribution in [3.8, 4) is 0 Å². The minimum atomic E-state index is -0.199. The molecule has 0 bridgehead atoms. The number of aromatic nitrogens is 2. The Labute approximate surface area is 96.0 Å². The van der Waals surface area contributed by atoms with Crippen molar-refractivity contribution in [1.29, 1.82) is 0 Å². The number of H-pyrrole nitrogens is 1. The predicted molar refractivity (Wildman–Crippen MR) is 64.4 cm³/mol. The Morgan fingerprint density at radius 3 is 2.50 bits per heavy atom. The van der Waals surface area contributed by atoms with Crippen LogP contribution in [-0.2, 0) is 4.79 Å². The van der Waals surface area contributed by atoms with Gasteiger partial charge in [0.25, 0.3) is 0 Å². The highest BCUT2D eigenvalue weighted by Crippen LogP contribution is 2.17. The molecule has 90 valence electrons. The molecule has 1 rings (SSSR count). The van der Waals surface area contributed by atoms with Crippen molar-refractivity contribution >= 4 is 11.6 Å². The van der Waals surface area contributed by atoms with Crippen molar-refractivity contribution in [2.45, 2.75) is 39.7 Å². The summed E-state index contributed by atoms with van der Waals surface area (Å²) in [5.41, 5.74) is 2.29. The molecule has 0 atom stereocenters. The fourth-order valence-electron chi connectivity index (χ4n) is 1.41. The summed E-state index contributed by atoms with van der Waals surface area (Å²) >= 11 is 0. The second-order valence-corrected chi connectivity index (χ2v) is 4.67. The average Bonchev–Trinajstić information content (AvgIpc) is 2.49. The average molecular weight is 224 g/mol. The lowest BCUT2D eigenvalue weighted by Crippen LogP contribution is -2.39. The Morgan fingerprint density at radius 2 is 2.06 bits per heavy atom. The lowest BCUT2D eigenvalue weighted by molar-refractivity contribution is -0.117. The first-order valence-corrected chi connectivity index (χ1v) is 5.36. The predicted octanol–water partition coefficient (Wildman–Crippen LogP) is 1.35. The van der Waals surface area contributed by atoms with Crippen molar-refractivity contribution in [2.75, 3.05) is 12.4 Å². The molecular weight excluding hydrogens is 204 g/mol. The number of hydrogen-bond acceptors (Lipinski definition) is 3. The van der Waals surface area contributed by atoms with Gasteiger partial charge in [0.1, 0.15) is 0 Å². The summed E-state index contributed by atoms with van der Waals surface area (Å²) in [6, 6.07) is 0. The second kappa shape index (κ2) is 4.65. The van der Waals surface area contributed by atoms with Crippen LogP contribution in [-0.4, -0.2) is 28.7 Å². The Balaban J connectivity index is 2.66. The van der Waals surface area contributed by atoms with E-state index in [1.54, 1.807) is 0 Å². The van der Waals surface area contributed by atoms with Gasteiger partial charge in [-0.2, -0.15) is 5.10 Å². The van der Waals surface area contributed by atoms with Crippen LogP contribution in [0.3, 0.4) is 0 Å². The SMILES string of the molecule is CNC(C)(C)CC(=O)Nc1c(C)n[nH]c1C. The molecule has 0 aliphatic heterocycles. The standard InChI is InChI=1S/C11H20N4O/c1-7-10(8(2)15-14-7)13-9(16)6-11(3,4)12-5/h12H,6H2,1-5H3,(H,13,16)(H,14,15). The van der Waals surface area contributed by atoms with E-state index in [4.69, 9.17) is 0 Å². The van der Waals surface area contributed by atoms with Crippen LogP contribution in [0.15, 0.2) is 0 Å². The lowest BCUT2D eigenvalue weighted by Gasteiger charge is -2.23. The van der Waals surface area contributed by atoms with E-state index in [0.29, 0.717) is 6.42 Å². The summed E-state index contributed by atoms with van der Waals surface area (Å²) < 4.78 is 0. The number of nitrogens with zero attached hydrogens (tertiary/aromatic N) is 1. The van der Waals surface area contributed by atoms with Crippen LogP contribution in [0.1, 0.15) is 31.7 Å². The molecule has 3 N–H and O–H groups in total. The van der Waals surface area contributed by atoms with Gasteiger partial charge < -0.3 is 10.6 Å². The second-order valence-electron chi connectivity index (χ2n) is 4.67. The fraction of sp³-hybridized carbons (Fsp3) is 0.636. The van der Waals surface area contributed by atoms with Crippen molar-refractivity contribution in [3.05, 3.63) is 11.4 Å². The van der Waals surface area contributed by atoms with Crippen LogP contribution in [0.2, 0.25) is 0 Å². The summed E-state index contributed by atoms with van der Waals surface area (Å²) in [4.78, 5) is 11.8. The third-order valence-electron chi connectivity index (χ3n) is 2.67. The summed E-state index contributed by atoms with van der Waals surface area (Å²) in [7, 11) is 1.85. The van der Waals surface area contributed by atoms with E-state index in [2.05, 4.69) is 20.8 Å². The topological polar surface area (TPSA) is 69.8 Å². The number of hydrogen-bond donors (Lipinski definition) is 3. The first-order valence-electron chi connectivity index (χ1n) is 5.36. The zero-order valence-corrected chi connectivity index (χ0v) is 10.6. The van der Waals surface area contributed by atoms with Crippen LogP contribution in [0.5, 0.6) is 0 Å². The molecule has 5 heteroatoms. The van der Waals surface area contributed by atoms with Gasteiger partial charge in [-0.25, -0.2) is 0 Å². The number of anilines is 1. The molecule has 1 aromatic heterocycles. The molecule has 0 aliphatic rings. The maximum atomic E-state index is 11.8. The molecule has 0 saturated carbocycles. The van der Waals surface area contributed by atoms with E-state index in [1.165, 1.54) is 0 Å². The molecule has 0 radical (unpaired) electrons. The van der Waals surface area contributed by atoms with E-state index in [-0.39, 0.29) is 11.4 Å². The van der Waals surface area contributed by atoms with Gasteiger partial charge in [0.2, 0.25) is 5.91 Å². The molecule has 1 aromatic rings. The monoisotopic (exact) mass is 224 g/mol. The molecule has 0 spiro atoms. The van der Waals surface area contributed by atoms with Crippen LogP contribution >= 0.6 is 0 Å². The molecule has 16 heavy (non-hydrogen) atoms. The molecular formula is C11H20N4O. The van der Waals surface area contributed by atoms with Gasteiger partial charge in [-0.1, -0.05) is 0 Å². The van der Waals surface area contributed by atoms with Crippen molar-refractivity contribution < 1.29 is 4.79 Å². The van der Waals surface area contributed by atoms with Gasteiger partial charge in [-0.3, -0.25) is 9.89 Å². The lowest BCUT2D eigenvalue weighted by atomic mass is 10.0. The maximum Gasteiger partial charge on any atom is 0.226 e. The molecule has 0 saturated heterocycles. The highest BCUT2D eigenvalue weighted by molar-refractivity contribution is 5.92. The minimum absolute atomic E-state index is 0.00745. The van der Waals surface area contributed by atoms with Gasteiger partial charge in [0.05, 0.1) is 17.1 Å². The summed E-state index contributed by atoms with van der Waals surface area (Å²) in [6.07, 6.45) is 0.424. The fourth-order valence-corrected chi connectivity index (χ4v) is 1.41. The van der Waals surface area contributed by atoms with Gasteiger partial charge >= 0.3 is 0 Å². The Hall–Kier alpha value is -1.36. The van der Waals surface area contributed by atoms with Crippen molar-refractivity contribution in [2.24, 2.45) is 0 Å². The van der Waals surface area contributed by atoms with E-state index in [1.807, 2.05) is 34.7 Å². The van der Waals surface area contributed by atoms with Crippen LogP contribution < -0.4 is 10.6 Å². The molecule has 0 unspecified atom stereocenters. The Kier molecular flexibility index (Phi) is 3.70. The van der Waals surface area contributed by atoms with Crippen LogP contribution in [0, 0.1) is 13.8 Å². The van der Waals surface area contributed by atoms with E-state index >= 15 is 0 Å². The molecule has 1 heterocycles. The highest BCUT2D eigenvalue weighted by atomic mass is 16.1. The van der Waals surface area contributed by atoms with Crippen molar-refractivity contribution in [1.82, 2.24) is 15.5 Å². The largest absolute Gasteiger partial charge is 0.323 e. The number of amides is 1. The summed E-state index contributed by atoms with van der Waals surface area (Å²) in [5, 5.41) is 12.8. The van der Waals surface area contributed by atoms with Crippen LogP contribution in [0.25, 0.3) is 0 Å². The number of carbonyl (C=O) groups excluding carboxylic acids is 1. The molecule has 0 fully saturated rings. The minimum Gasteiger partial charge on any atom is -0.323 e. The molecule has 5 nitrogen and oxygen atoms in total. The molecule has 0 aliphatic carbocycles. The third-order valence-corrected chi connectivity index (χ3v) is 2.67. The van der Waals surface area contributed by atoms with Gasteiger partial charge in [0.15, 0.2) is 0 Å². The number of aryl methyl sites for hydroxylation is 2. The van der Waals surface area contributed by atoms with Gasteiger partial charge in [0, 0.05) is 12.0 Å². The van der Waals surface area contributed by atoms with Crippen molar-refractivity contribution in [3.63, 3.8) is 0 Å². The summed E-state index contributed by atoms with van der Waals surface area (Å²) in [6.45, 7) is 7.73. The maximum absolute atomic E-state index is 11.8. The van der Waals surface area contributed by atoms with Gasteiger partial charge in [-0.15, -0.1) is 0 Å². The van der Waals surface area contributed by atoms with E-state index in [0.717, 1.165) is 17.1 Å². The van der Waals surface area contributed by atoms with E-state index in [9.17, 15) is 4.79 Å². The Bertz CT molecular complexity index is 362. The number of nitrogens with one attached hydrogen (secondary N) is 3. The first kappa shape index (κ1) is 12.7. The third kappa shape index (κ3) is 3.06. The first-order chi connectivity index (χ1) is 7.35.